The third kappa shape index (κ3) is 3.94. The number of nitrogens with zero attached hydrogens (tertiary/aromatic N) is 3. The lowest BCUT2D eigenvalue weighted by atomic mass is 10.1. The van der Waals surface area contributed by atoms with Gasteiger partial charge in [-0.2, -0.15) is 0 Å². The van der Waals surface area contributed by atoms with Crippen LogP contribution in [0.1, 0.15) is 31.9 Å². The first-order valence-electron chi connectivity index (χ1n) is 6.70. The second-order valence-electron chi connectivity index (χ2n) is 5.14. The number of urea groups is 1. The van der Waals surface area contributed by atoms with Crippen molar-refractivity contribution < 1.29 is 14.7 Å². The van der Waals surface area contributed by atoms with Gasteiger partial charge in [-0.3, -0.25) is 4.79 Å². The van der Waals surface area contributed by atoms with Crippen molar-refractivity contribution in [2.24, 2.45) is 5.92 Å². The normalized spacial score (nSPS) is 21.6. The molecule has 8 heteroatoms. The highest BCUT2D eigenvalue weighted by atomic mass is 16.4. The van der Waals surface area contributed by atoms with Crippen molar-refractivity contribution in [1.82, 2.24) is 25.6 Å². The van der Waals surface area contributed by atoms with Gasteiger partial charge >= 0.3 is 12.0 Å². The molecule has 1 aromatic rings. The van der Waals surface area contributed by atoms with Crippen molar-refractivity contribution in [3.8, 4) is 0 Å². The number of carbonyl (C=O) groups excluding carboxylic acids is 1. The van der Waals surface area contributed by atoms with Crippen molar-refractivity contribution in [3.63, 3.8) is 0 Å². The number of carboxylic acids is 1. The van der Waals surface area contributed by atoms with Crippen molar-refractivity contribution in [2.45, 2.75) is 45.3 Å². The number of aliphatic carboxylic acids is 1. The van der Waals surface area contributed by atoms with Gasteiger partial charge in [-0.25, -0.2) is 9.48 Å². The van der Waals surface area contributed by atoms with E-state index in [-0.39, 0.29) is 25.2 Å². The lowest BCUT2D eigenvalue weighted by molar-refractivity contribution is -0.137. The maximum Gasteiger partial charge on any atom is 0.325 e. The SMILES string of the molecule is CC1CCCC1NC(=O)NCc1cn(CC(=O)O)nn1. The van der Waals surface area contributed by atoms with Crippen molar-refractivity contribution in [2.75, 3.05) is 0 Å². The number of carboxylic acid groups (broad SMARTS) is 1. The van der Waals surface area contributed by atoms with Gasteiger partial charge in [0.15, 0.2) is 0 Å². The van der Waals surface area contributed by atoms with E-state index in [0.29, 0.717) is 11.6 Å². The molecule has 110 valence electrons. The van der Waals surface area contributed by atoms with Crippen molar-refractivity contribution in [1.29, 1.82) is 0 Å². The first kappa shape index (κ1) is 14.3. The zero-order chi connectivity index (χ0) is 14.5. The van der Waals surface area contributed by atoms with E-state index in [1.165, 1.54) is 10.9 Å². The molecule has 0 saturated heterocycles. The van der Waals surface area contributed by atoms with Crippen LogP contribution in [0.4, 0.5) is 4.79 Å². The summed E-state index contributed by atoms with van der Waals surface area (Å²) < 4.78 is 1.22. The fraction of sp³-hybridized carbons (Fsp3) is 0.667. The molecule has 0 radical (unpaired) electrons. The highest BCUT2D eigenvalue weighted by Crippen LogP contribution is 2.24. The van der Waals surface area contributed by atoms with Gasteiger partial charge in [0, 0.05) is 6.04 Å². The summed E-state index contributed by atoms with van der Waals surface area (Å²) in [6.45, 7) is 2.13. The molecule has 0 bridgehead atoms. The molecule has 0 spiro atoms. The molecule has 0 aromatic carbocycles. The van der Waals surface area contributed by atoms with Gasteiger partial charge in [-0.05, 0) is 18.8 Å². The van der Waals surface area contributed by atoms with Crippen LogP contribution in [0.5, 0.6) is 0 Å². The van der Waals surface area contributed by atoms with Crippen LogP contribution < -0.4 is 10.6 Å². The van der Waals surface area contributed by atoms with Crippen molar-refractivity contribution >= 4 is 12.0 Å². The fourth-order valence-corrected chi connectivity index (χ4v) is 2.39. The van der Waals surface area contributed by atoms with Gasteiger partial charge in [0.1, 0.15) is 12.2 Å². The minimum absolute atomic E-state index is 0.225. The molecule has 2 amide bonds. The monoisotopic (exact) mass is 281 g/mol. The Labute approximate surface area is 116 Å². The first-order chi connectivity index (χ1) is 9.54. The molecule has 2 rings (SSSR count). The molecule has 0 aliphatic heterocycles. The number of aromatic nitrogens is 3. The molecule has 20 heavy (non-hydrogen) atoms. The molecule has 2 atom stereocenters. The summed E-state index contributed by atoms with van der Waals surface area (Å²) in [5.74, 6) is -0.473. The Bertz CT molecular complexity index is 487. The third-order valence-electron chi connectivity index (χ3n) is 3.49. The van der Waals surface area contributed by atoms with Gasteiger partial charge in [0.05, 0.1) is 12.7 Å². The van der Waals surface area contributed by atoms with Crippen LogP contribution in [0.25, 0.3) is 0 Å². The first-order valence-corrected chi connectivity index (χ1v) is 6.70. The molecular weight excluding hydrogens is 262 g/mol. The topological polar surface area (TPSA) is 109 Å². The van der Waals surface area contributed by atoms with Crippen LogP contribution in [-0.2, 0) is 17.9 Å². The van der Waals surface area contributed by atoms with E-state index in [9.17, 15) is 9.59 Å². The van der Waals surface area contributed by atoms with Crippen LogP contribution in [0.3, 0.4) is 0 Å². The standard InChI is InChI=1S/C12H19N5O3/c1-8-3-2-4-10(8)14-12(20)13-5-9-6-17(16-15-9)7-11(18)19/h6,8,10H,2-5,7H2,1H3,(H,18,19)(H2,13,14,20). The maximum atomic E-state index is 11.7. The number of hydrogen-bond acceptors (Lipinski definition) is 4. The van der Waals surface area contributed by atoms with E-state index in [2.05, 4.69) is 27.9 Å². The van der Waals surface area contributed by atoms with Gasteiger partial charge in [-0.1, -0.05) is 18.6 Å². The predicted octanol–water partition coefficient (Wildman–Crippen LogP) is 0.350. The van der Waals surface area contributed by atoms with Gasteiger partial charge in [0.25, 0.3) is 0 Å². The minimum atomic E-state index is -0.984. The highest BCUT2D eigenvalue weighted by molar-refractivity contribution is 5.74. The molecule has 1 aliphatic rings. The zero-order valence-electron chi connectivity index (χ0n) is 11.4. The molecule has 1 heterocycles. The molecule has 2 unspecified atom stereocenters. The van der Waals surface area contributed by atoms with Gasteiger partial charge in [-0.15, -0.1) is 5.10 Å². The number of carbonyl (C=O) groups is 2. The summed E-state index contributed by atoms with van der Waals surface area (Å²) in [4.78, 5) is 22.2. The number of nitrogens with one attached hydrogen (secondary N) is 2. The maximum absolute atomic E-state index is 11.7. The van der Waals surface area contributed by atoms with Crippen LogP contribution in [0, 0.1) is 5.92 Å². The van der Waals surface area contributed by atoms with E-state index in [1.54, 1.807) is 0 Å². The molecule has 1 aliphatic carbocycles. The Hall–Kier alpha value is -2.12. The largest absolute Gasteiger partial charge is 0.480 e. The smallest absolute Gasteiger partial charge is 0.325 e. The molecule has 3 N–H and O–H groups in total. The number of hydrogen-bond donors (Lipinski definition) is 3. The molecular formula is C12H19N5O3. The predicted molar refractivity (Wildman–Crippen MR) is 69.8 cm³/mol. The molecule has 1 aromatic heterocycles. The average molecular weight is 281 g/mol. The Morgan fingerprint density at radius 3 is 2.95 bits per heavy atom. The van der Waals surface area contributed by atoms with Crippen LogP contribution in [-0.4, -0.2) is 38.1 Å². The fourth-order valence-electron chi connectivity index (χ4n) is 2.39. The Kier molecular flexibility index (Phi) is 4.54. The van der Waals surface area contributed by atoms with Gasteiger partial charge in [0.2, 0.25) is 0 Å². The molecule has 1 fully saturated rings. The Morgan fingerprint density at radius 1 is 1.50 bits per heavy atom. The number of amides is 2. The second-order valence-corrected chi connectivity index (χ2v) is 5.14. The molecule has 8 nitrogen and oxygen atoms in total. The van der Waals surface area contributed by atoms with E-state index < -0.39 is 5.97 Å². The summed E-state index contributed by atoms with van der Waals surface area (Å²) >= 11 is 0. The Balaban J connectivity index is 1.75. The average Bonchev–Trinajstić information content (AvgIpc) is 2.97. The lowest BCUT2D eigenvalue weighted by Crippen LogP contribution is -2.42. The van der Waals surface area contributed by atoms with Crippen LogP contribution in [0.2, 0.25) is 0 Å². The lowest BCUT2D eigenvalue weighted by Gasteiger charge is -2.17. The van der Waals surface area contributed by atoms with Crippen LogP contribution in [0.15, 0.2) is 6.20 Å². The van der Waals surface area contributed by atoms with E-state index in [4.69, 9.17) is 5.11 Å². The summed E-state index contributed by atoms with van der Waals surface area (Å²) in [5.41, 5.74) is 0.529. The van der Waals surface area contributed by atoms with E-state index in [0.717, 1.165) is 19.3 Å². The second kappa shape index (κ2) is 6.36. The highest BCUT2D eigenvalue weighted by Gasteiger charge is 2.24. The zero-order valence-corrected chi connectivity index (χ0v) is 11.4. The summed E-state index contributed by atoms with van der Waals surface area (Å²) in [5, 5.41) is 21.7. The van der Waals surface area contributed by atoms with Gasteiger partial charge < -0.3 is 15.7 Å². The van der Waals surface area contributed by atoms with E-state index >= 15 is 0 Å². The number of rotatable bonds is 5. The quantitative estimate of drug-likeness (QED) is 0.721. The third-order valence-corrected chi connectivity index (χ3v) is 3.49. The minimum Gasteiger partial charge on any atom is -0.480 e. The molecule has 1 saturated carbocycles. The van der Waals surface area contributed by atoms with E-state index in [1.807, 2.05) is 0 Å². The Morgan fingerprint density at radius 2 is 2.30 bits per heavy atom. The summed E-state index contributed by atoms with van der Waals surface area (Å²) in [6.07, 6.45) is 4.82. The summed E-state index contributed by atoms with van der Waals surface area (Å²) in [7, 11) is 0. The van der Waals surface area contributed by atoms with Crippen molar-refractivity contribution in [3.05, 3.63) is 11.9 Å². The summed E-state index contributed by atoms with van der Waals surface area (Å²) in [6, 6.07) is 0.00854. The van der Waals surface area contributed by atoms with Crippen LogP contribution >= 0.6 is 0 Å².